The normalized spacial score (nSPS) is 20.9. The van der Waals surface area contributed by atoms with E-state index in [-0.39, 0.29) is 6.04 Å². The summed E-state index contributed by atoms with van der Waals surface area (Å²) in [5.41, 5.74) is 2.01. The molecule has 2 heterocycles. The quantitative estimate of drug-likeness (QED) is 0.676. The van der Waals surface area contributed by atoms with Crippen LogP contribution < -0.4 is 4.90 Å². The molecule has 23 heavy (non-hydrogen) atoms. The van der Waals surface area contributed by atoms with Gasteiger partial charge in [0.2, 0.25) is 0 Å². The predicted octanol–water partition coefficient (Wildman–Crippen LogP) is 4.49. The third-order valence-electron chi connectivity index (χ3n) is 3.99. The average Bonchev–Trinajstić information content (AvgIpc) is 3.19. The first-order chi connectivity index (χ1) is 11.2. The second-order valence-electron chi connectivity index (χ2n) is 5.59. The number of nitrogens with zero attached hydrogens (tertiary/aromatic N) is 2. The zero-order chi connectivity index (χ0) is 16.2. The molecule has 1 saturated heterocycles. The monoisotopic (exact) mass is 394 g/mol. The van der Waals surface area contributed by atoms with Crippen LogP contribution in [0.5, 0.6) is 0 Å². The molecule has 2 atom stereocenters. The van der Waals surface area contributed by atoms with Gasteiger partial charge in [-0.25, -0.2) is 4.98 Å². The van der Waals surface area contributed by atoms with E-state index in [4.69, 9.17) is 9.72 Å². The van der Waals surface area contributed by atoms with E-state index in [9.17, 15) is 4.79 Å². The standard InChI is InChI=1S/C17H19BrN2O2S/c1-2-3-4-14-10-22-16(9-21)20(14)17-19-15(11-23-17)12-5-7-13(18)8-6-12/h5-9,11,14,16H,2-4,10H2,1H3. The number of hydrogen-bond acceptors (Lipinski definition) is 5. The summed E-state index contributed by atoms with van der Waals surface area (Å²) in [5, 5.41) is 2.90. The van der Waals surface area contributed by atoms with Crippen molar-refractivity contribution in [3.05, 3.63) is 34.1 Å². The summed E-state index contributed by atoms with van der Waals surface area (Å²) in [4.78, 5) is 18.1. The predicted molar refractivity (Wildman–Crippen MR) is 96.8 cm³/mol. The summed E-state index contributed by atoms with van der Waals surface area (Å²) in [5.74, 6) is 0. The van der Waals surface area contributed by atoms with Crippen LogP contribution in [0.3, 0.4) is 0 Å². The number of aromatic nitrogens is 1. The van der Waals surface area contributed by atoms with E-state index in [1.165, 1.54) is 0 Å². The third kappa shape index (κ3) is 3.65. The molecule has 1 aliphatic heterocycles. The number of unbranched alkanes of at least 4 members (excludes halogenated alkanes) is 1. The lowest BCUT2D eigenvalue weighted by Gasteiger charge is -2.24. The van der Waals surface area contributed by atoms with Gasteiger partial charge in [0.25, 0.3) is 0 Å². The topological polar surface area (TPSA) is 42.4 Å². The summed E-state index contributed by atoms with van der Waals surface area (Å²) in [6.07, 6.45) is 3.64. The van der Waals surface area contributed by atoms with Crippen LogP contribution >= 0.6 is 27.3 Å². The van der Waals surface area contributed by atoms with Crippen molar-refractivity contribution in [2.75, 3.05) is 11.5 Å². The largest absolute Gasteiger partial charge is 0.349 e. The third-order valence-corrected chi connectivity index (χ3v) is 5.37. The Bertz CT molecular complexity index is 659. The van der Waals surface area contributed by atoms with Crippen molar-refractivity contribution in [2.45, 2.75) is 38.5 Å². The lowest BCUT2D eigenvalue weighted by atomic mass is 10.1. The van der Waals surface area contributed by atoms with E-state index in [0.717, 1.165) is 46.4 Å². The maximum absolute atomic E-state index is 11.3. The molecule has 6 heteroatoms. The van der Waals surface area contributed by atoms with Gasteiger partial charge in [-0.05, 0) is 18.6 Å². The van der Waals surface area contributed by atoms with E-state index in [2.05, 4.69) is 22.9 Å². The Hall–Kier alpha value is -1.24. The molecule has 1 aromatic carbocycles. The lowest BCUT2D eigenvalue weighted by Crippen LogP contribution is -2.38. The van der Waals surface area contributed by atoms with Crippen LogP contribution in [0.2, 0.25) is 0 Å². The molecule has 0 radical (unpaired) electrons. The Morgan fingerprint density at radius 2 is 2.22 bits per heavy atom. The van der Waals surface area contributed by atoms with E-state index in [1.54, 1.807) is 11.3 Å². The summed E-state index contributed by atoms with van der Waals surface area (Å²) in [6.45, 7) is 2.77. The number of rotatable bonds is 6. The minimum absolute atomic E-state index is 0.231. The van der Waals surface area contributed by atoms with Crippen molar-refractivity contribution in [1.29, 1.82) is 0 Å². The number of hydrogen-bond donors (Lipinski definition) is 0. The first kappa shape index (κ1) is 16.6. The van der Waals surface area contributed by atoms with Crippen molar-refractivity contribution in [2.24, 2.45) is 0 Å². The highest BCUT2D eigenvalue weighted by atomic mass is 79.9. The zero-order valence-electron chi connectivity index (χ0n) is 12.9. The number of thiazole rings is 1. The second-order valence-corrected chi connectivity index (χ2v) is 7.34. The van der Waals surface area contributed by atoms with Crippen LogP contribution in [0.4, 0.5) is 5.13 Å². The van der Waals surface area contributed by atoms with Crippen LogP contribution in [0, 0.1) is 0 Å². The summed E-state index contributed by atoms with van der Waals surface area (Å²) in [6, 6.07) is 8.32. The summed E-state index contributed by atoms with van der Waals surface area (Å²) < 4.78 is 6.67. The number of carbonyl (C=O) groups excluding carboxylic acids is 1. The van der Waals surface area contributed by atoms with Gasteiger partial charge in [-0.15, -0.1) is 11.3 Å². The van der Waals surface area contributed by atoms with Crippen molar-refractivity contribution in [1.82, 2.24) is 4.98 Å². The number of aldehydes is 1. The fourth-order valence-electron chi connectivity index (χ4n) is 2.75. The Labute approximate surface area is 148 Å². The number of carbonyl (C=O) groups is 1. The van der Waals surface area contributed by atoms with Crippen molar-refractivity contribution in [3.8, 4) is 11.3 Å². The van der Waals surface area contributed by atoms with E-state index < -0.39 is 6.23 Å². The lowest BCUT2D eigenvalue weighted by molar-refractivity contribution is -0.115. The molecule has 0 spiro atoms. The van der Waals surface area contributed by atoms with Crippen LogP contribution in [-0.4, -0.2) is 30.1 Å². The smallest absolute Gasteiger partial charge is 0.188 e. The number of ether oxygens (including phenoxy) is 1. The molecule has 4 nitrogen and oxygen atoms in total. The first-order valence-corrected chi connectivity index (χ1v) is 9.47. The maximum atomic E-state index is 11.3. The molecular weight excluding hydrogens is 376 g/mol. The molecule has 0 amide bonds. The van der Waals surface area contributed by atoms with E-state index in [0.29, 0.717) is 6.61 Å². The van der Waals surface area contributed by atoms with Crippen molar-refractivity contribution >= 4 is 38.7 Å². The van der Waals surface area contributed by atoms with Crippen molar-refractivity contribution in [3.63, 3.8) is 0 Å². The molecule has 0 bridgehead atoms. The molecule has 122 valence electrons. The Morgan fingerprint density at radius 1 is 1.43 bits per heavy atom. The van der Waals surface area contributed by atoms with Gasteiger partial charge in [-0.1, -0.05) is 47.8 Å². The molecule has 0 saturated carbocycles. The molecule has 2 aromatic rings. The van der Waals surface area contributed by atoms with Crippen LogP contribution in [-0.2, 0) is 9.53 Å². The summed E-state index contributed by atoms with van der Waals surface area (Å²) >= 11 is 5.01. The van der Waals surface area contributed by atoms with Gasteiger partial charge in [0.1, 0.15) is 0 Å². The zero-order valence-corrected chi connectivity index (χ0v) is 15.3. The highest BCUT2D eigenvalue weighted by Crippen LogP contribution is 2.33. The molecule has 0 N–H and O–H groups in total. The van der Waals surface area contributed by atoms with Crippen LogP contribution in [0.15, 0.2) is 34.1 Å². The van der Waals surface area contributed by atoms with Gasteiger partial charge in [-0.3, -0.25) is 4.79 Å². The molecular formula is C17H19BrN2O2S. The van der Waals surface area contributed by atoms with Gasteiger partial charge in [0.05, 0.1) is 18.3 Å². The second kappa shape index (κ2) is 7.55. The minimum atomic E-state index is -0.513. The molecule has 1 fully saturated rings. The molecule has 3 rings (SSSR count). The molecule has 1 aliphatic rings. The van der Waals surface area contributed by atoms with Gasteiger partial charge in [0.15, 0.2) is 17.6 Å². The van der Waals surface area contributed by atoms with Crippen molar-refractivity contribution < 1.29 is 9.53 Å². The SMILES string of the molecule is CCCCC1COC(C=O)N1c1nc(-c2ccc(Br)cc2)cs1. The first-order valence-electron chi connectivity index (χ1n) is 7.79. The fourth-order valence-corrected chi connectivity index (χ4v) is 3.94. The molecule has 1 aromatic heterocycles. The highest BCUT2D eigenvalue weighted by Gasteiger charge is 2.35. The highest BCUT2D eigenvalue weighted by molar-refractivity contribution is 9.10. The number of halogens is 1. The van der Waals surface area contributed by atoms with E-state index in [1.807, 2.05) is 34.5 Å². The fraction of sp³-hybridized carbons (Fsp3) is 0.412. The minimum Gasteiger partial charge on any atom is -0.349 e. The van der Waals surface area contributed by atoms with Gasteiger partial charge in [-0.2, -0.15) is 0 Å². The number of benzene rings is 1. The van der Waals surface area contributed by atoms with Gasteiger partial charge >= 0.3 is 0 Å². The summed E-state index contributed by atoms with van der Waals surface area (Å²) in [7, 11) is 0. The maximum Gasteiger partial charge on any atom is 0.188 e. The Balaban J connectivity index is 1.84. The van der Waals surface area contributed by atoms with E-state index >= 15 is 0 Å². The number of anilines is 1. The van der Waals surface area contributed by atoms with Gasteiger partial charge in [0, 0.05) is 15.4 Å². The average molecular weight is 395 g/mol. The van der Waals surface area contributed by atoms with Crippen LogP contribution in [0.1, 0.15) is 26.2 Å². The Kier molecular flexibility index (Phi) is 5.46. The molecule has 0 aliphatic carbocycles. The van der Waals surface area contributed by atoms with Crippen LogP contribution in [0.25, 0.3) is 11.3 Å². The van der Waals surface area contributed by atoms with Gasteiger partial charge < -0.3 is 9.64 Å². The molecule has 2 unspecified atom stereocenters. The Morgan fingerprint density at radius 3 is 2.91 bits per heavy atom.